The molecule has 0 saturated carbocycles. The molecule has 1 rings (SSSR count). The highest BCUT2D eigenvalue weighted by molar-refractivity contribution is 5.28. The minimum absolute atomic E-state index is 0.235. The van der Waals surface area contributed by atoms with Crippen molar-refractivity contribution in [3.63, 3.8) is 0 Å². The minimum Gasteiger partial charge on any atom is -0.494 e. The number of hydrogen-bond donors (Lipinski definition) is 1. The predicted molar refractivity (Wildman–Crippen MR) is 57.6 cm³/mol. The van der Waals surface area contributed by atoms with Gasteiger partial charge in [-0.2, -0.15) is 0 Å². The zero-order chi connectivity index (χ0) is 10.4. The number of aliphatic hydroxyl groups excluding tert-OH is 1. The third-order valence-corrected chi connectivity index (χ3v) is 2.11. The Morgan fingerprint density at radius 3 is 2.86 bits per heavy atom. The SMILES string of the molecule is CCOc1cccc(CC(C)CO)c1. The Balaban J connectivity index is 2.63. The van der Waals surface area contributed by atoms with Gasteiger partial charge >= 0.3 is 0 Å². The van der Waals surface area contributed by atoms with E-state index in [4.69, 9.17) is 9.84 Å². The molecule has 0 amide bonds. The van der Waals surface area contributed by atoms with E-state index in [-0.39, 0.29) is 6.61 Å². The number of hydrogen-bond acceptors (Lipinski definition) is 2. The number of rotatable bonds is 5. The summed E-state index contributed by atoms with van der Waals surface area (Å²) < 4.78 is 5.40. The van der Waals surface area contributed by atoms with Crippen LogP contribution < -0.4 is 4.74 Å². The van der Waals surface area contributed by atoms with Gasteiger partial charge in [0.15, 0.2) is 0 Å². The molecule has 0 aromatic heterocycles. The maximum Gasteiger partial charge on any atom is 0.119 e. The maximum absolute atomic E-state index is 8.94. The summed E-state index contributed by atoms with van der Waals surface area (Å²) in [5.74, 6) is 1.22. The number of aliphatic hydroxyl groups is 1. The van der Waals surface area contributed by atoms with Crippen molar-refractivity contribution in [3.05, 3.63) is 29.8 Å². The van der Waals surface area contributed by atoms with Gasteiger partial charge in [0.2, 0.25) is 0 Å². The smallest absolute Gasteiger partial charge is 0.119 e. The van der Waals surface area contributed by atoms with Gasteiger partial charge in [0.25, 0.3) is 0 Å². The van der Waals surface area contributed by atoms with Gasteiger partial charge in [-0.15, -0.1) is 0 Å². The zero-order valence-corrected chi connectivity index (χ0v) is 8.86. The Bertz CT molecular complexity index is 271. The molecular formula is C12H18O2. The fourth-order valence-electron chi connectivity index (χ4n) is 1.40. The molecule has 2 heteroatoms. The van der Waals surface area contributed by atoms with E-state index in [2.05, 4.69) is 6.07 Å². The molecule has 0 spiro atoms. The maximum atomic E-state index is 8.94. The molecule has 0 aliphatic rings. The van der Waals surface area contributed by atoms with Crippen LogP contribution in [-0.4, -0.2) is 18.3 Å². The molecule has 0 aliphatic carbocycles. The molecule has 2 nitrogen and oxygen atoms in total. The highest BCUT2D eigenvalue weighted by atomic mass is 16.5. The Labute approximate surface area is 85.5 Å². The molecule has 1 atom stereocenters. The molecule has 1 aromatic rings. The van der Waals surface area contributed by atoms with Gasteiger partial charge < -0.3 is 9.84 Å². The Kier molecular flexibility index (Phi) is 4.47. The van der Waals surface area contributed by atoms with Crippen LogP contribution in [0.15, 0.2) is 24.3 Å². The van der Waals surface area contributed by atoms with Gasteiger partial charge in [0.05, 0.1) is 6.61 Å². The molecule has 0 fully saturated rings. The van der Waals surface area contributed by atoms with E-state index in [9.17, 15) is 0 Å². The third-order valence-electron chi connectivity index (χ3n) is 2.11. The van der Waals surface area contributed by atoms with Crippen LogP contribution in [0.5, 0.6) is 5.75 Å². The summed E-state index contributed by atoms with van der Waals surface area (Å²) >= 11 is 0. The van der Waals surface area contributed by atoms with Crippen molar-refractivity contribution in [1.82, 2.24) is 0 Å². The van der Waals surface area contributed by atoms with Crippen molar-refractivity contribution < 1.29 is 9.84 Å². The van der Waals surface area contributed by atoms with Crippen LogP contribution in [0, 0.1) is 5.92 Å². The summed E-state index contributed by atoms with van der Waals surface area (Å²) in [6, 6.07) is 8.05. The summed E-state index contributed by atoms with van der Waals surface area (Å²) in [6.07, 6.45) is 0.900. The fraction of sp³-hybridized carbons (Fsp3) is 0.500. The average Bonchev–Trinajstić information content (AvgIpc) is 2.19. The summed E-state index contributed by atoms with van der Waals surface area (Å²) in [4.78, 5) is 0. The molecule has 0 aliphatic heterocycles. The van der Waals surface area contributed by atoms with E-state index in [0.717, 1.165) is 12.2 Å². The lowest BCUT2D eigenvalue weighted by molar-refractivity contribution is 0.237. The molecule has 0 radical (unpaired) electrons. The van der Waals surface area contributed by atoms with Crippen LogP contribution >= 0.6 is 0 Å². The lowest BCUT2D eigenvalue weighted by Crippen LogP contribution is -2.04. The van der Waals surface area contributed by atoms with Crippen LogP contribution in [-0.2, 0) is 6.42 Å². The molecule has 1 unspecified atom stereocenters. The van der Waals surface area contributed by atoms with Gasteiger partial charge in [-0.05, 0) is 37.0 Å². The van der Waals surface area contributed by atoms with Crippen molar-refractivity contribution in [1.29, 1.82) is 0 Å². The lowest BCUT2D eigenvalue weighted by atomic mass is 10.0. The van der Waals surface area contributed by atoms with Crippen LogP contribution in [0.4, 0.5) is 0 Å². The predicted octanol–water partition coefficient (Wildman–Crippen LogP) is 2.26. The molecule has 0 bridgehead atoms. The molecule has 1 N–H and O–H groups in total. The topological polar surface area (TPSA) is 29.5 Å². The van der Waals surface area contributed by atoms with E-state index in [1.165, 1.54) is 5.56 Å². The van der Waals surface area contributed by atoms with E-state index in [1.54, 1.807) is 0 Å². The highest BCUT2D eigenvalue weighted by Gasteiger charge is 2.02. The Morgan fingerprint density at radius 1 is 1.43 bits per heavy atom. The first-order valence-corrected chi connectivity index (χ1v) is 5.08. The summed E-state index contributed by atoms with van der Waals surface area (Å²) in [5.41, 5.74) is 1.22. The molecule has 1 aromatic carbocycles. The first kappa shape index (κ1) is 11.1. The van der Waals surface area contributed by atoms with Crippen molar-refractivity contribution in [2.75, 3.05) is 13.2 Å². The van der Waals surface area contributed by atoms with E-state index in [0.29, 0.717) is 12.5 Å². The second kappa shape index (κ2) is 5.66. The Hall–Kier alpha value is -1.02. The van der Waals surface area contributed by atoms with Crippen LogP contribution in [0.25, 0.3) is 0 Å². The van der Waals surface area contributed by atoms with Gasteiger partial charge in [0, 0.05) is 6.61 Å². The first-order chi connectivity index (χ1) is 6.76. The monoisotopic (exact) mass is 194 g/mol. The second-order valence-electron chi connectivity index (χ2n) is 3.57. The summed E-state index contributed by atoms with van der Waals surface area (Å²) in [7, 11) is 0. The number of benzene rings is 1. The average molecular weight is 194 g/mol. The quantitative estimate of drug-likeness (QED) is 0.779. The van der Waals surface area contributed by atoms with Gasteiger partial charge in [-0.3, -0.25) is 0 Å². The summed E-state index contributed by atoms with van der Waals surface area (Å²) in [5, 5.41) is 8.94. The molecule has 0 saturated heterocycles. The van der Waals surface area contributed by atoms with E-state index in [1.807, 2.05) is 32.0 Å². The fourth-order valence-corrected chi connectivity index (χ4v) is 1.40. The van der Waals surface area contributed by atoms with Gasteiger partial charge in [0.1, 0.15) is 5.75 Å². The van der Waals surface area contributed by atoms with E-state index < -0.39 is 0 Å². The molecule has 78 valence electrons. The minimum atomic E-state index is 0.235. The van der Waals surface area contributed by atoms with Crippen molar-refractivity contribution in [2.24, 2.45) is 5.92 Å². The normalized spacial score (nSPS) is 12.5. The Morgan fingerprint density at radius 2 is 2.21 bits per heavy atom. The van der Waals surface area contributed by atoms with Crippen molar-refractivity contribution in [2.45, 2.75) is 20.3 Å². The van der Waals surface area contributed by atoms with Crippen molar-refractivity contribution >= 4 is 0 Å². The largest absolute Gasteiger partial charge is 0.494 e. The van der Waals surface area contributed by atoms with Crippen molar-refractivity contribution in [3.8, 4) is 5.75 Å². The lowest BCUT2D eigenvalue weighted by Gasteiger charge is -2.09. The van der Waals surface area contributed by atoms with Gasteiger partial charge in [-0.25, -0.2) is 0 Å². The summed E-state index contributed by atoms with van der Waals surface area (Å²) in [6.45, 7) is 4.94. The standard InChI is InChI=1S/C12H18O2/c1-3-14-12-6-4-5-11(8-12)7-10(2)9-13/h4-6,8,10,13H,3,7,9H2,1-2H3. The van der Waals surface area contributed by atoms with E-state index >= 15 is 0 Å². The second-order valence-corrected chi connectivity index (χ2v) is 3.57. The molecular weight excluding hydrogens is 176 g/mol. The number of ether oxygens (including phenoxy) is 1. The van der Waals surface area contributed by atoms with Crippen LogP contribution in [0.1, 0.15) is 19.4 Å². The third kappa shape index (κ3) is 3.38. The van der Waals surface area contributed by atoms with Crippen LogP contribution in [0.2, 0.25) is 0 Å². The first-order valence-electron chi connectivity index (χ1n) is 5.08. The van der Waals surface area contributed by atoms with Crippen LogP contribution in [0.3, 0.4) is 0 Å². The molecule has 0 heterocycles. The highest BCUT2D eigenvalue weighted by Crippen LogP contribution is 2.16. The molecule has 14 heavy (non-hydrogen) atoms. The zero-order valence-electron chi connectivity index (χ0n) is 8.86. The van der Waals surface area contributed by atoms with Gasteiger partial charge in [-0.1, -0.05) is 19.1 Å².